The molecule has 2 amide bonds. The average Bonchev–Trinajstić information content (AvgIpc) is 3.61. The Morgan fingerprint density at radius 1 is 1.08 bits per heavy atom. The molecule has 1 atom stereocenters. The number of likely N-dealkylation sites (N-methyl/N-ethyl adjacent to an activating group) is 1. The minimum atomic E-state index is -5.12. The van der Waals surface area contributed by atoms with Crippen LogP contribution >= 0.6 is 0 Å². The van der Waals surface area contributed by atoms with E-state index in [2.05, 4.69) is 15.0 Å². The van der Waals surface area contributed by atoms with Crippen molar-refractivity contribution in [1.82, 2.24) is 15.2 Å². The third-order valence-electron chi connectivity index (χ3n) is 6.60. The molecule has 7 nitrogen and oxygen atoms in total. The molecule has 37 heavy (non-hydrogen) atoms. The van der Waals surface area contributed by atoms with E-state index in [-0.39, 0.29) is 22.4 Å². The van der Waals surface area contributed by atoms with Crippen molar-refractivity contribution in [3.8, 4) is 11.3 Å². The maximum Gasteiger partial charge on any atom is 0.572 e. The zero-order chi connectivity index (χ0) is 27.2. The first-order valence-corrected chi connectivity index (χ1v) is 11.2. The maximum absolute atomic E-state index is 13.7. The molecule has 0 bridgehead atoms. The summed E-state index contributed by atoms with van der Waals surface area (Å²) < 4.78 is 72.1. The van der Waals surface area contributed by atoms with Gasteiger partial charge in [-0.25, -0.2) is 8.78 Å². The first-order valence-electron chi connectivity index (χ1n) is 11.2. The van der Waals surface area contributed by atoms with E-state index in [4.69, 9.17) is 5.73 Å². The van der Waals surface area contributed by atoms with Crippen LogP contribution in [0.2, 0.25) is 0 Å². The lowest BCUT2D eigenvalue weighted by molar-refractivity contribution is -0.310. The van der Waals surface area contributed by atoms with Crippen molar-refractivity contribution in [3.63, 3.8) is 0 Å². The van der Waals surface area contributed by atoms with Crippen LogP contribution in [0.3, 0.4) is 0 Å². The third-order valence-corrected chi connectivity index (χ3v) is 6.60. The third kappa shape index (κ3) is 5.19. The van der Waals surface area contributed by atoms with Gasteiger partial charge < -0.3 is 15.8 Å². The smallest absolute Gasteiger partial charge is 0.407 e. The number of rotatable bonds is 7. The van der Waals surface area contributed by atoms with Gasteiger partial charge in [-0.15, -0.1) is 13.2 Å². The van der Waals surface area contributed by atoms with Crippen LogP contribution < -0.4 is 11.1 Å². The molecular weight excluding hydrogens is 499 g/mol. The number of carbonyl (C=O) groups is 2. The van der Waals surface area contributed by atoms with E-state index < -0.39 is 53.1 Å². The summed E-state index contributed by atoms with van der Waals surface area (Å²) in [6.07, 6.45) is -1.43. The minimum Gasteiger partial charge on any atom is -0.407 e. The van der Waals surface area contributed by atoms with Crippen LogP contribution in [0.25, 0.3) is 11.3 Å². The number of alkyl halides is 3. The first-order chi connectivity index (χ1) is 17.3. The Morgan fingerprint density at radius 2 is 1.73 bits per heavy atom. The van der Waals surface area contributed by atoms with E-state index in [1.165, 1.54) is 12.1 Å². The van der Waals surface area contributed by atoms with Crippen molar-refractivity contribution >= 4 is 11.8 Å². The molecule has 4 rings (SSSR count). The van der Waals surface area contributed by atoms with Crippen LogP contribution in [-0.2, 0) is 19.9 Å². The van der Waals surface area contributed by atoms with Gasteiger partial charge in [-0.05, 0) is 51.2 Å². The second-order valence-corrected chi connectivity index (χ2v) is 9.19. The summed E-state index contributed by atoms with van der Waals surface area (Å²) in [5.74, 6) is -3.84. The van der Waals surface area contributed by atoms with Gasteiger partial charge in [-0.1, -0.05) is 12.1 Å². The van der Waals surface area contributed by atoms with Gasteiger partial charge in [0, 0.05) is 35.4 Å². The second-order valence-electron chi connectivity index (χ2n) is 9.19. The van der Waals surface area contributed by atoms with Gasteiger partial charge >= 0.3 is 6.36 Å². The molecule has 1 heterocycles. The van der Waals surface area contributed by atoms with Crippen LogP contribution in [0.5, 0.6) is 0 Å². The zero-order valence-electron chi connectivity index (χ0n) is 19.8. The highest BCUT2D eigenvalue weighted by Crippen LogP contribution is 2.46. The molecule has 0 aliphatic heterocycles. The number of halogens is 5. The van der Waals surface area contributed by atoms with E-state index in [9.17, 15) is 31.5 Å². The van der Waals surface area contributed by atoms with Crippen LogP contribution in [0.1, 0.15) is 24.8 Å². The monoisotopic (exact) mass is 522 g/mol. The molecule has 196 valence electrons. The highest BCUT2D eigenvalue weighted by molar-refractivity contribution is 5.94. The summed E-state index contributed by atoms with van der Waals surface area (Å²) in [4.78, 5) is 31.3. The Hall–Kier alpha value is -3.80. The van der Waals surface area contributed by atoms with Crippen LogP contribution in [-0.4, -0.2) is 47.7 Å². The topological polar surface area (TPSA) is 97.5 Å². The fourth-order valence-electron chi connectivity index (χ4n) is 4.41. The molecule has 2 aliphatic carbocycles. The number of benzene rings is 1. The summed E-state index contributed by atoms with van der Waals surface area (Å²) in [5, 5.41) is 2.69. The molecule has 0 radical (unpaired) electrons. The fraction of sp³-hybridized carbons (Fsp3) is 0.320. The number of nitrogens with two attached hydrogens (primary N) is 1. The highest BCUT2D eigenvalue weighted by atomic mass is 19.4. The number of hydrogen-bond acceptors (Lipinski definition) is 5. The van der Waals surface area contributed by atoms with Crippen molar-refractivity contribution in [3.05, 3.63) is 77.2 Å². The molecule has 1 saturated carbocycles. The summed E-state index contributed by atoms with van der Waals surface area (Å²) in [7, 11) is 3.35. The largest absolute Gasteiger partial charge is 0.572 e. The molecule has 0 spiro atoms. The van der Waals surface area contributed by atoms with Gasteiger partial charge in [0.25, 0.3) is 0 Å². The van der Waals surface area contributed by atoms with E-state index >= 15 is 0 Å². The molecule has 1 aromatic heterocycles. The second kappa shape index (κ2) is 9.25. The number of amides is 2. The van der Waals surface area contributed by atoms with E-state index in [1.807, 2.05) is 0 Å². The van der Waals surface area contributed by atoms with Gasteiger partial charge in [0.1, 0.15) is 28.5 Å². The molecule has 1 fully saturated rings. The zero-order valence-corrected chi connectivity index (χ0v) is 19.8. The Labute approximate surface area is 208 Å². The predicted octanol–water partition coefficient (Wildman–Crippen LogP) is 3.67. The van der Waals surface area contributed by atoms with Crippen LogP contribution in [0.4, 0.5) is 22.0 Å². The van der Waals surface area contributed by atoms with E-state index in [0.717, 1.165) is 30.5 Å². The molecule has 0 saturated heterocycles. The number of pyridine rings is 1. The predicted molar refractivity (Wildman–Crippen MR) is 122 cm³/mol. The average molecular weight is 522 g/mol. The molecular formula is C25H23F5N4O3. The normalized spacial score (nSPS) is 20.6. The summed E-state index contributed by atoms with van der Waals surface area (Å²) in [6, 6.07) is 5.46. The molecule has 3 N–H and O–H groups in total. The quantitative estimate of drug-likeness (QED) is 0.541. The molecule has 1 aromatic carbocycles. The van der Waals surface area contributed by atoms with Crippen molar-refractivity contribution in [2.24, 2.45) is 5.73 Å². The fourth-order valence-corrected chi connectivity index (χ4v) is 4.41. The number of primary amides is 1. The maximum atomic E-state index is 13.7. The van der Waals surface area contributed by atoms with Gasteiger partial charge in [0.05, 0.1) is 5.69 Å². The van der Waals surface area contributed by atoms with Crippen LogP contribution in [0, 0.1) is 11.6 Å². The first kappa shape index (κ1) is 26.3. The van der Waals surface area contributed by atoms with Crippen molar-refractivity contribution < 1.29 is 36.3 Å². The summed E-state index contributed by atoms with van der Waals surface area (Å²) in [5.41, 5.74) is 2.69. The molecule has 1 unspecified atom stereocenters. The van der Waals surface area contributed by atoms with Crippen LogP contribution in [0.15, 0.2) is 60.0 Å². The Morgan fingerprint density at radius 3 is 2.22 bits per heavy atom. The van der Waals surface area contributed by atoms with Crippen molar-refractivity contribution in [2.45, 2.75) is 36.7 Å². The Balaban J connectivity index is 1.84. The lowest BCUT2D eigenvalue weighted by atomic mass is 9.78. The Kier molecular flexibility index (Phi) is 6.57. The molecule has 2 aromatic rings. The lowest BCUT2D eigenvalue weighted by Gasteiger charge is -2.40. The number of aromatic nitrogens is 1. The summed E-state index contributed by atoms with van der Waals surface area (Å²) >= 11 is 0. The minimum absolute atomic E-state index is 0.0402. The standard InChI is InChI=1S/C25H23F5N4O3/c1-34(2)23(7-8-23)22(36)33-24(12-14(21(31)35)3-6-20(24)37-25(28,29)30)16-4-5-19(32-13-16)15-9-17(26)11-18(27)10-15/h3-6,9-11,13H,7-8,12H2,1-2H3,(H2,31,35)(H,33,36). The lowest BCUT2D eigenvalue weighted by Crippen LogP contribution is -2.56. The number of carbonyl (C=O) groups excluding carboxylic acids is 2. The van der Waals surface area contributed by atoms with E-state index in [0.29, 0.717) is 18.9 Å². The van der Waals surface area contributed by atoms with Gasteiger partial charge in [-0.2, -0.15) is 0 Å². The molecule has 12 heteroatoms. The van der Waals surface area contributed by atoms with Gasteiger partial charge in [0.15, 0.2) is 0 Å². The van der Waals surface area contributed by atoms with Crippen molar-refractivity contribution in [2.75, 3.05) is 14.1 Å². The summed E-state index contributed by atoms with van der Waals surface area (Å²) in [6.45, 7) is 0. The number of allylic oxidation sites excluding steroid dienone is 2. The number of nitrogens with one attached hydrogen (secondary N) is 1. The van der Waals surface area contributed by atoms with Crippen molar-refractivity contribution in [1.29, 1.82) is 0 Å². The van der Waals surface area contributed by atoms with E-state index in [1.54, 1.807) is 19.0 Å². The molecule has 2 aliphatic rings. The highest BCUT2D eigenvalue weighted by Gasteiger charge is 2.56. The number of nitrogens with zero attached hydrogens (tertiary/aromatic N) is 2. The number of hydrogen-bond donors (Lipinski definition) is 2. The van der Waals surface area contributed by atoms with Gasteiger partial charge in [0.2, 0.25) is 11.8 Å². The number of ether oxygens (including phenoxy) is 1. The Bertz CT molecular complexity index is 1280. The SMILES string of the molecule is CN(C)C1(C(=O)NC2(c3ccc(-c4cc(F)cc(F)c4)nc3)CC(C(N)=O)=CC=C2OC(F)(F)F)CC1. The van der Waals surface area contributed by atoms with Gasteiger partial charge in [-0.3, -0.25) is 19.5 Å².